The molecule has 21 heavy (non-hydrogen) atoms. The molecule has 124 valence electrons. The Morgan fingerprint density at radius 3 is 1.38 bits per heavy atom. The van der Waals surface area contributed by atoms with Crippen molar-refractivity contribution in [3.63, 3.8) is 0 Å². The summed E-state index contributed by atoms with van der Waals surface area (Å²) in [6.45, 7) is 0. The number of rotatable bonds is 0. The van der Waals surface area contributed by atoms with Crippen molar-refractivity contribution in [1.82, 2.24) is 0 Å². The van der Waals surface area contributed by atoms with Crippen LogP contribution in [0.5, 0.6) is 0 Å². The van der Waals surface area contributed by atoms with E-state index in [1.807, 2.05) is 0 Å². The minimum atomic E-state index is 0. The van der Waals surface area contributed by atoms with Crippen molar-refractivity contribution in [2.75, 3.05) is 0 Å². The van der Waals surface area contributed by atoms with Crippen LogP contribution in [0.2, 0.25) is 0 Å². The molecule has 2 bridgehead atoms. The van der Waals surface area contributed by atoms with Gasteiger partial charge in [0.1, 0.15) is 0 Å². The first-order valence-electron chi connectivity index (χ1n) is 5.74. The van der Waals surface area contributed by atoms with E-state index < -0.39 is 0 Å². The minimum Gasteiger partial charge on any atom is -0.527 e. The van der Waals surface area contributed by atoms with Gasteiger partial charge in [0, 0.05) is 0 Å². The molecular weight excluding hydrogens is 618 g/mol. The molecule has 0 N–H and O–H groups in total. The van der Waals surface area contributed by atoms with Gasteiger partial charge in [-0.3, -0.25) is 24.3 Å². The molecule has 0 spiro atoms. The zero-order valence-electron chi connectivity index (χ0n) is 13.6. The van der Waals surface area contributed by atoms with Crippen LogP contribution in [-0.4, -0.2) is 0 Å². The number of hydrogen-bond donors (Lipinski definition) is 0. The molecule has 0 saturated carbocycles. The van der Waals surface area contributed by atoms with Gasteiger partial charge in [-0.2, -0.15) is 0 Å². The molecule has 0 saturated heterocycles. The molecule has 3 aliphatic rings. The molecule has 0 heterocycles. The minimum absolute atomic E-state index is 0. The molecule has 0 fully saturated rings. The molecule has 3 rings (SSSR count). The quantitative estimate of drug-likeness (QED) is 0.308. The summed E-state index contributed by atoms with van der Waals surface area (Å²) in [5, 5.41) is 0. The maximum Gasteiger partial charge on any atom is 4.00 e. The monoisotopic (exact) mass is 646 g/mol. The van der Waals surface area contributed by atoms with Crippen LogP contribution >= 0.6 is 0 Å². The Morgan fingerprint density at radius 2 is 1.14 bits per heavy atom. The molecule has 3 aliphatic carbocycles. The molecule has 0 atom stereocenters. The van der Waals surface area contributed by atoms with Crippen molar-refractivity contribution in [2.24, 2.45) is 11.8 Å². The molecule has 0 aromatic heterocycles. The summed E-state index contributed by atoms with van der Waals surface area (Å²) in [5.41, 5.74) is 0. The van der Waals surface area contributed by atoms with Crippen molar-refractivity contribution in [2.45, 2.75) is 32.1 Å². The van der Waals surface area contributed by atoms with Crippen LogP contribution in [-0.2, 0) is 42.1 Å². The van der Waals surface area contributed by atoms with E-state index in [4.69, 9.17) is 0 Å². The van der Waals surface area contributed by atoms with Crippen molar-refractivity contribution in [1.29, 1.82) is 0 Å². The smallest absolute Gasteiger partial charge is 0.527 e. The predicted octanol–water partition coefficient (Wildman–Crippen LogP) is 5.43. The van der Waals surface area contributed by atoms with E-state index in [2.05, 4.69) is 48.6 Å². The van der Waals surface area contributed by atoms with Crippen molar-refractivity contribution < 1.29 is 42.1 Å². The molecule has 0 radical (unpaired) electrons. The summed E-state index contributed by atoms with van der Waals surface area (Å²) in [6.07, 6.45) is 26.9. The Bertz CT molecular complexity index is 247. The summed E-state index contributed by atoms with van der Waals surface area (Å²) in [7, 11) is 0. The normalized spacial score (nSPS) is 22.1. The Hall–Kier alpha value is 0.337. The second-order valence-electron chi connectivity index (χ2n) is 4.01. The number of allylic oxidation sites excluding steroid dienone is 8. The Morgan fingerprint density at radius 1 is 0.714 bits per heavy atom. The van der Waals surface area contributed by atoms with Gasteiger partial charge < -0.3 is 59.9 Å². The molecule has 0 amide bonds. The average molecular weight is 647 g/mol. The first-order chi connectivity index (χ1) is 7.45. The maximum atomic E-state index is 3.19. The standard InChI is InChI=1S/C8H10.C7H6.4CH3.2Pt/c1-2-4-6-8-7-5-3-1;1-2-7-4-3-6(1)5-7;;;;;;/h1,6H,2,4-5,7H2;1,3,6-7H,5H2;4*1H3;;/q2*-2;4*-1;2*+4. The van der Waals surface area contributed by atoms with E-state index in [1.165, 1.54) is 6.42 Å². The van der Waals surface area contributed by atoms with Crippen molar-refractivity contribution in [3.8, 4) is 0 Å². The fourth-order valence-corrected chi connectivity index (χ4v) is 1.84. The summed E-state index contributed by atoms with van der Waals surface area (Å²) >= 11 is 0. The van der Waals surface area contributed by atoms with E-state index in [0.29, 0.717) is 11.8 Å². The summed E-state index contributed by atoms with van der Waals surface area (Å²) in [4.78, 5) is 0. The van der Waals surface area contributed by atoms with E-state index in [-0.39, 0.29) is 71.8 Å². The van der Waals surface area contributed by atoms with E-state index in [0.717, 1.165) is 25.7 Å². The second-order valence-corrected chi connectivity index (χ2v) is 4.01. The molecule has 0 unspecified atom stereocenters. The summed E-state index contributed by atoms with van der Waals surface area (Å²) in [6, 6.07) is 0. The SMILES string of the molecule is [C-]1=CC2C=[C-]C1C2.[C-]1=CCCC=[C-]CC1.[CH3-].[CH3-].[CH3-].[CH3-].[Pt+4].[Pt+4]. The molecule has 0 aromatic carbocycles. The van der Waals surface area contributed by atoms with Crippen LogP contribution < -0.4 is 0 Å². The average Bonchev–Trinajstić information content (AvgIpc) is 2.80. The van der Waals surface area contributed by atoms with Gasteiger partial charge in [-0.1, -0.05) is 25.2 Å². The first-order valence-corrected chi connectivity index (χ1v) is 5.74. The van der Waals surface area contributed by atoms with Crippen LogP contribution in [0, 0.1) is 65.8 Å². The van der Waals surface area contributed by atoms with Crippen molar-refractivity contribution >= 4 is 0 Å². The molecule has 2 heteroatoms. The van der Waals surface area contributed by atoms with Crippen LogP contribution in [0.25, 0.3) is 0 Å². The van der Waals surface area contributed by atoms with E-state index >= 15 is 0 Å². The third-order valence-electron chi connectivity index (χ3n) is 2.69. The summed E-state index contributed by atoms with van der Waals surface area (Å²) in [5.74, 6) is 1.26. The molecule has 0 aliphatic heterocycles. The largest absolute Gasteiger partial charge is 4.00 e. The Kier molecular flexibility index (Phi) is 32.0. The van der Waals surface area contributed by atoms with Crippen molar-refractivity contribution in [3.05, 3.63) is 78.3 Å². The molecule has 0 aromatic rings. The van der Waals surface area contributed by atoms with Gasteiger partial charge in [-0.05, 0) is 0 Å². The second kappa shape index (κ2) is 20.3. The first kappa shape index (κ1) is 33.1. The Balaban J connectivity index is -0.0000000633. The van der Waals surface area contributed by atoms with Gasteiger partial charge >= 0.3 is 42.1 Å². The number of fused-ring (bicyclic) bond motifs is 2. The van der Waals surface area contributed by atoms with E-state index in [9.17, 15) is 0 Å². The zero-order chi connectivity index (χ0) is 10.3. The van der Waals surface area contributed by atoms with Crippen LogP contribution in [0.3, 0.4) is 0 Å². The van der Waals surface area contributed by atoms with Crippen LogP contribution in [0.1, 0.15) is 32.1 Å². The third-order valence-corrected chi connectivity index (χ3v) is 2.69. The van der Waals surface area contributed by atoms with Gasteiger partial charge in [-0.15, -0.1) is 0 Å². The zero-order valence-corrected chi connectivity index (χ0v) is 18.2. The molecular formula is C19H28Pt2. The van der Waals surface area contributed by atoms with Gasteiger partial charge in [0.15, 0.2) is 0 Å². The third kappa shape index (κ3) is 13.7. The van der Waals surface area contributed by atoms with Gasteiger partial charge in [0.05, 0.1) is 0 Å². The predicted molar refractivity (Wildman–Crippen MR) is 87.0 cm³/mol. The maximum absolute atomic E-state index is 3.19. The fourth-order valence-electron chi connectivity index (χ4n) is 1.84. The van der Waals surface area contributed by atoms with Gasteiger partial charge in [0.25, 0.3) is 0 Å². The van der Waals surface area contributed by atoms with Crippen LogP contribution in [0.4, 0.5) is 0 Å². The van der Waals surface area contributed by atoms with Crippen LogP contribution in [0.15, 0.2) is 24.3 Å². The topological polar surface area (TPSA) is 0 Å². The Labute approximate surface area is 163 Å². The van der Waals surface area contributed by atoms with Gasteiger partial charge in [-0.25, -0.2) is 12.8 Å². The fraction of sp³-hybridized carbons (Fsp3) is 0.368. The molecule has 0 nitrogen and oxygen atoms in total. The van der Waals surface area contributed by atoms with E-state index in [1.54, 1.807) is 0 Å². The number of hydrogen-bond acceptors (Lipinski definition) is 0. The summed E-state index contributed by atoms with van der Waals surface area (Å²) < 4.78 is 0. The van der Waals surface area contributed by atoms with Gasteiger partial charge in [0.2, 0.25) is 0 Å².